The summed E-state index contributed by atoms with van der Waals surface area (Å²) in [7, 11) is 0. The first-order chi connectivity index (χ1) is 18.4. The molecule has 0 saturated carbocycles. The highest BCUT2D eigenvalue weighted by molar-refractivity contribution is 8.00. The molecule has 1 heterocycles. The second kappa shape index (κ2) is 11.4. The van der Waals surface area contributed by atoms with E-state index in [1.54, 1.807) is 6.20 Å². The fourth-order valence-electron chi connectivity index (χ4n) is 3.86. The predicted molar refractivity (Wildman–Crippen MR) is 137 cm³/mol. The van der Waals surface area contributed by atoms with Crippen LogP contribution in [0.2, 0.25) is 0 Å². The molecular weight excluding hydrogens is 544 g/mol. The van der Waals surface area contributed by atoms with E-state index in [0.717, 1.165) is 40.1 Å². The summed E-state index contributed by atoms with van der Waals surface area (Å²) in [6.45, 7) is 0.441. The number of nitrogens with zero attached hydrogens (tertiary/aromatic N) is 1. The fraction of sp³-hybridized carbons (Fsp3) is 0.185. The molecule has 2 N–H and O–H groups in total. The summed E-state index contributed by atoms with van der Waals surface area (Å²) in [5.74, 6) is -1.18. The zero-order valence-electron chi connectivity index (χ0n) is 20.1. The van der Waals surface area contributed by atoms with Gasteiger partial charge in [-0.15, -0.1) is 11.8 Å². The van der Waals surface area contributed by atoms with E-state index in [1.165, 1.54) is 36.0 Å². The van der Waals surface area contributed by atoms with Gasteiger partial charge in [0.15, 0.2) is 0 Å². The summed E-state index contributed by atoms with van der Waals surface area (Å²) < 4.78 is 79.4. The van der Waals surface area contributed by atoms with Crippen molar-refractivity contribution in [3.8, 4) is 0 Å². The van der Waals surface area contributed by atoms with E-state index >= 15 is 0 Å². The second-order valence-electron chi connectivity index (χ2n) is 8.45. The number of para-hydroxylation sites is 1. The van der Waals surface area contributed by atoms with Gasteiger partial charge in [0, 0.05) is 46.3 Å². The molecule has 1 aromatic heterocycles. The lowest BCUT2D eigenvalue weighted by Crippen LogP contribution is -2.27. The molecule has 12 heteroatoms. The van der Waals surface area contributed by atoms with Crippen molar-refractivity contribution in [2.75, 3.05) is 17.6 Å². The number of thioether (sulfide) groups is 1. The van der Waals surface area contributed by atoms with Crippen LogP contribution < -0.4 is 10.6 Å². The topological polar surface area (TPSA) is 63.1 Å². The number of alkyl halides is 6. The van der Waals surface area contributed by atoms with Crippen LogP contribution in [0.3, 0.4) is 0 Å². The quantitative estimate of drug-likeness (QED) is 0.182. The van der Waals surface area contributed by atoms with Crippen LogP contribution in [0.15, 0.2) is 83.9 Å². The smallest absolute Gasteiger partial charge is 0.350 e. The number of fused-ring (bicyclic) bond motifs is 1. The maximum Gasteiger partial charge on any atom is 0.416 e. The largest absolute Gasteiger partial charge is 0.416 e. The number of hydrogen-bond acceptors (Lipinski definition) is 3. The lowest BCUT2D eigenvalue weighted by atomic mass is 10.1. The molecule has 0 aliphatic carbocycles. The highest BCUT2D eigenvalue weighted by atomic mass is 32.2. The van der Waals surface area contributed by atoms with Crippen molar-refractivity contribution in [1.29, 1.82) is 0 Å². The molecule has 204 valence electrons. The van der Waals surface area contributed by atoms with Crippen molar-refractivity contribution in [2.24, 2.45) is 0 Å². The lowest BCUT2D eigenvalue weighted by molar-refractivity contribution is -0.138. The number of nitrogens with one attached hydrogen (secondary N) is 2. The van der Waals surface area contributed by atoms with Crippen molar-refractivity contribution in [3.63, 3.8) is 0 Å². The Morgan fingerprint density at radius 1 is 0.821 bits per heavy atom. The number of carbonyl (C=O) groups is 2. The Bertz CT molecular complexity index is 1500. The molecule has 4 rings (SSSR count). The molecule has 5 nitrogen and oxygen atoms in total. The summed E-state index contributed by atoms with van der Waals surface area (Å²) >= 11 is 1.20. The average molecular weight is 566 g/mol. The van der Waals surface area contributed by atoms with Crippen LogP contribution in [-0.4, -0.2) is 28.7 Å². The van der Waals surface area contributed by atoms with Gasteiger partial charge in [-0.3, -0.25) is 9.59 Å². The molecule has 0 spiro atoms. The van der Waals surface area contributed by atoms with Gasteiger partial charge >= 0.3 is 12.4 Å². The van der Waals surface area contributed by atoms with Crippen LogP contribution in [-0.2, 0) is 23.7 Å². The third kappa shape index (κ3) is 7.14. The number of benzene rings is 3. The van der Waals surface area contributed by atoms with Gasteiger partial charge in [-0.1, -0.05) is 30.3 Å². The Kier molecular flexibility index (Phi) is 8.24. The third-order valence-electron chi connectivity index (χ3n) is 5.67. The van der Waals surface area contributed by atoms with Gasteiger partial charge in [0.1, 0.15) is 0 Å². The van der Waals surface area contributed by atoms with E-state index in [0.29, 0.717) is 6.54 Å². The third-order valence-corrected chi connectivity index (χ3v) is 6.72. The normalized spacial score (nSPS) is 11.9. The molecule has 0 atom stereocenters. The second-order valence-corrected chi connectivity index (χ2v) is 9.47. The monoisotopic (exact) mass is 565 g/mol. The summed E-state index contributed by atoms with van der Waals surface area (Å²) in [5, 5.41) is 5.92. The van der Waals surface area contributed by atoms with Gasteiger partial charge in [0.05, 0.1) is 16.9 Å². The minimum absolute atomic E-state index is 0.0364. The van der Waals surface area contributed by atoms with E-state index in [4.69, 9.17) is 0 Å². The van der Waals surface area contributed by atoms with E-state index in [9.17, 15) is 35.9 Å². The van der Waals surface area contributed by atoms with Crippen molar-refractivity contribution in [3.05, 3.63) is 95.7 Å². The summed E-state index contributed by atoms with van der Waals surface area (Å²) in [6.07, 6.45) is -7.30. The lowest BCUT2D eigenvalue weighted by Gasteiger charge is -2.10. The minimum atomic E-state index is -4.56. The summed E-state index contributed by atoms with van der Waals surface area (Å²) in [5.41, 5.74) is -1.03. The zero-order chi connectivity index (χ0) is 28.2. The van der Waals surface area contributed by atoms with Gasteiger partial charge in [0.2, 0.25) is 5.91 Å². The molecule has 0 saturated heterocycles. The summed E-state index contributed by atoms with van der Waals surface area (Å²) in [4.78, 5) is 25.6. The van der Waals surface area contributed by atoms with Crippen LogP contribution >= 0.6 is 11.8 Å². The Morgan fingerprint density at radius 3 is 2.21 bits per heavy atom. The Morgan fingerprint density at radius 2 is 1.49 bits per heavy atom. The highest BCUT2D eigenvalue weighted by Gasteiger charge is 2.31. The van der Waals surface area contributed by atoms with Crippen LogP contribution in [0.4, 0.5) is 32.0 Å². The summed E-state index contributed by atoms with van der Waals surface area (Å²) in [6, 6.07) is 15.8. The van der Waals surface area contributed by atoms with Gasteiger partial charge in [-0.2, -0.15) is 26.3 Å². The molecule has 3 aromatic carbocycles. The van der Waals surface area contributed by atoms with Crippen LogP contribution in [0.5, 0.6) is 0 Å². The number of aromatic nitrogens is 1. The van der Waals surface area contributed by atoms with Crippen LogP contribution in [0.25, 0.3) is 10.9 Å². The maximum absolute atomic E-state index is 12.9. The van der Waals surface area contributed by atoms with Crippen LogP contribution in [0, 0.1) is 0 Å². The molecule has 0 fully saturated rings. The minimum Gasteiger partial charge on any atom is -0.350 e. The Balaban J connectivity index is 1.38. The number of anilines is 1. The van der Waals surface area contributed by atoms with Gasteiger partial charge in [0.25, 0.3) is 5.91 Å². The van der Waals surface area contributed by atoms with E-state index in [2.05, 4.69) is 10.6 Å². The molecule has 0 unspecified atom stereocenters. The van der Waals surface area contributed by atoms with E-state index in [1.807, 2.05) is 28.8 Å². The van der Waals surface area contributed by atoms with Crippen molar-refractivity contribution in [2.45, 2.75) is 23.8 Å². The van der Waals surface area contributed by atoms with Crippen LogP contribution in [0.1, 0.15) is 21.5 Å². The standard InChI is InChI=1S/C27H21F6N3O2S/c28-26(29,30)18-6-3-5-17(13-18)25(38)34-11-12-36-15-23(21-9-1-2-10-22(21)36)39-16-24(37)35-20-8-4-7-19(14-20)27(31,32)33/h1-10,13-15H,11-12,16H2,(H,34,38)(H,35,37). The Hall–Kier alpha value is -3.93. The number of halogens is 6. The van der Waals surface area contributed by atoms with Gasteiger partial charge < -0.3 is 15.2 Å². The first kappa shape index (κ1) is 28.1. The average Bonchev–Trinajstić information content (AvgIpc) is 3.24. The van der Waals surface area contributed by atoms with E-state index in [-0.39, 0.29) is 23.5 Å². The first-order valence-electron chi connectivity index (χ1n) is 11.5. The molecule has 0 radical (unpaired) electrons. The molecule has 0 aliphatic rings. The molecule has 4 aromatic rings. The SMILES string of the molecule is O=C(CSc1cn(CCNC(=O)c2cccc(C(F)(F)F)c2)c2ccccc12)Nc1cccc(C(F)(F)F)c1. The molecule has 39 heavy (non-hydrogen) atoms. The van der Waals surface area contributed by atoms with Crippen molar-refractivity contribution < 1.29 is 35.9 Å². The van der Waals surface area contributed by atoms with Gasteiger partial charge in [-0.05, 0) is 42.5 Å². The number of hydrogen-bond donors (Lipinski definition) is 2. The Labute approximate surface area is 223 Å². The first-order valence-corrected chi connectivity index (χ1v) is 12.5. The molecular formula is C27H21F6N3O2S. The predicted octanol–water partition coefficient (Wildman–Crippen LogP) is 6.84. The zero-order valence-corrected chi connectivity index (χ0v) is 20.9. The number of amides is 2. The molecule has 2 amide bonds. The highest BCUT2D eigenvalue weighted by Crippen LogP contribution is 2.32. The van der Waals surface area contributed by atoms with E-state index < -0.39 is 35.3 Å². The fourth-order valence-corrected chi connectivity index (χ4v) is 4.74. The number of rotatable bonds is 8. The maximum atomic E-state index is 12.9. The molecule has 0 aliphatic heterocycles. The number of carbonyl (C=O) groups excluding carboxylic acids is 2. The van der Waals surface area contributed by atoms with Gasteiger partial charge in [-0.25, -0.2) is 0 Å². The van der Waals surface area contributed by atoms with Crippen molar-refractivity contribution in [1.82, 2.24) is 9.88 Å². The molecule has 0 bridgehead atoms. The van der Waals surface area contributed by atoms with Crippen molar-refractivity contribution >= 4 is 40.2 Å².